The maximum Gasteiger partial charge on any atom is 0.303 e. The van der Waals surface area contributed by atoms with Crippen LogP contribution in [0.1, 0.15) is 47.5 Å². The summed E-state index contributed by atoms with van der Waals surface area (Å²) < 4.78 is 12.0. The molecule has 0 saturated heterocycles. The number of oxazole rings is 1. The van der Waals surface area contributed by atoms with Gasteiger partial charge in [-0.1, -0.05) is 18.2 Å². The SMILES string of the molecule is Cc1ccc(-c2nc(CCOc3cccc4c3CCC=C4CCC(=O)O)c(C)o2)cn1. The zero-order valence-electron chi connectivity index (χ0n) is 17.9. The lowest BCUT2D eigenvalue weighted by molar-refractivity contribution is -0.136. The Morgan fingerprint density at radius 3 is 2.84 bits per heavy atom. The number of hydrogen-bond donors (Lipinski definition) is 1. The summed E-state index contributed by atoms with van der Waals surface area (Å²) >= 11 is 0. The molecule has 1 aromatic carbocycles. The number of aryl methyl sites for hydroxylation is 2. The highest BCUT2D eigenvalue weighted by Crippen LogP contribution is 2.35. The highest BCUT2D eigenvalue weighted by atomic mass is 16.5. The molecule has 1 aliphatic carbocycles. The van der Waals surface area contributed by atoms with Gasteiger partial charge in [0.15, 0.2) is 0 Å². The maximum atomic E-state index is 11.0. The normalized spacial score (nSPS) is 12.9. The first-order valence-electron chi connectivity index (χ1n) is 10.6. The zero-order valence-corrected chi connectivity index (χ0v) is 17.9. The number of allylic oxidation sites excluding steroid dienone is 2. The van der Waals surface area contributed by atoms with Crippen molar-refractivity contribution in [3.8, 4) is 17.2 Å². The summed E-state index contributed by atoms with van der Waals surface area (Å²) in [5.74, 6) is 1.45. The van der Waals surface area contributed by atoms with Gasteiger partial charge in [-0.3, -0.25) is 9.78 Å². The van der Waals surface area contributed by atoms with Crippen LogP contribution in [0.3, 0.4) is 0 Å². The molecular formula is C25H26N2O4. The van der Waals surface area contributed by atoms with Gasteiger partial charge in [-0.2, -0.15) is 0 Å². The Bertz CT molecular complexity index is 1110. The van der Waals surface area contributed by atoms with Crippen LogP contribution in [0.5, 0.6) is 5.75 Å². The van der Waals surface area contributed by atoms with Crippen LogP contribution >= 0.6 is 0 Å². The first kappa shape index (κ1) is 20.8. The molecule has 2 heterocycles. The number of aromatic nitrogens is 2. The van der Waals surface area contributed by atoms with Gasteiger partial charge < -0.3 is 14.3 Å². The number of rotatable bonds is 8. The Morgan fingerprint density at radius 2 is 2.06 bits per heavy atom. The van der Waals surface area contributed by atoms with Crippen molar-refractivity contribution in [2.24, 2.45) is 0 Å². The molecule has 6 nitrogen and oxygen atoms in total. The smallest absolute Gasteiger partial charge is 0.303 e. The van der Waals surface area contributed by atoms with Gasteiger partial charge in [-0.15, -0.1) is 0 Å². The lowest BCUT2D eigenvalue weighted by Crippen LogP contribution is -2.08. The Labute approximate surface area is 181 Å². The van der Waals surface area contributed by atoms with Crippen LogP contribution in [0.2, 0.25) is 0 Å². The van der Waals surface area contributed by atoms with E-state index in [0.29, 0.717) is 25.3 Å². The molecule has 0 fully saturated rings. The van der Waals surface area contributed by atoms with E-state index in [2.05, 4.69) is 22.1 Å². The van der Waals surface area contributed by atoms with Crippen LogP contribution < -0.4 is 4.74 Å². The lowest BCUT2D eigenvalue weighted by atomic mass is 9.88. The van der Waals surface area contributed by atoms with E-state index in [-0.39, 0.29) is 6.42 Å². The minimum absolute atomic E-state index is 0.140. The second kappa shape index (κ2) is 9.16. The Morgan fingerprint density at radius 1 is 1.19 bits per heavy atom. The molecule has 3 aromatic rings. The summed E-state index contributed by atoms with van der Waals surface area (Å²) in [6, 6.07) is 9.91. The summed E-state index contributed by atoms with van der Waals surface area (Å²) in [5.41, 5.74) is 6.05. The molecule has 0 spiro atoms. The number of ether oxygens (including phenoxy) is 1. The molecule has 160 valence electrons. The van der Waals surface area contributed by atoms with Crippen molar-refractivity contribution in [3.63, 3.8) is 0 Å². The minimum atomic E-state index is -0.774. The molecule has 2 aromatic heterocycles. The second-order valence-electron chi connectivity index (χ2n) is 7.75. The number of fused-ring (bicyclic) bond motifs is 1. The number of carbonyl (C=O) groups is 1. The Kier molecular flexibility index (Phi) is 6.16. The number of benzene rings is 1. The number of carboxylic acid groups (broad SMARTS) is 1. The molecular weight excluding hydrogens is 392 g/mol. The number of nitrogens with zero attached hydrogens (tertiary/aromatic N) is 2. The summed E-state index contributed by atoms with van der Waals surface area (Å²) in [6.07, 6.45) is 7.04. The van der Waals surface area contributed by atoms with Crippen molar-refractivity contribution in [2.75, 3.05) is 6.61 Å². The number of pyridine rings is 1. The fourth-order valence-electron chi connectivity index (χ4n) is 3.87. The lowest BCUT2D eigenvalue weighted by Gasteiger charge is -2.20. The Balaban J connectivity index is 1.43. The van der Waals surface area contributed by atoms with Crippen molar-refractivity contribution in [1.82, 2.24) is 9.97 Å². The molecule has 0 radical (unpaired) electrons. The topological polar surface area (TPSA) is 85.5 Å². The standard InChI is InChI=1S/C25H26N2O4/c1-16-9-10-19(15-26-16)25-27-22(17(2)31-25)13-14-30-23-8-4-6-20-18(11-12-24(28)29)5-3-7-21(20)23/h4-6,8-10,15H,3,7,11-14H2,1-2H3,(H,28,29). The van der Waals surface area contributed by atoms with Crippen LogP contribution in [0, 0.1) is 13.8 Å². The second-order valence-corrected chi connectivity index (χ2v) is 7.75. The Hall–Kier alpha value is -3.41. The number of hydrogen-bond acceptors (Lipinski definition) is 5. The predicted molar refractivity (Wildman–Crippen MR) is 118 cm³/mol. The fraction of sp³-hybridized carbons (Fsp3) is 0.320. The first-order chi connectivity index (χ1) is 15.0. The predicted octanol–water partition coefficient (Wildman–Crippen LogP) is 5.17. The van der Waals surface area contributed by atoms with E-state index in [1.54, 1.807) is 6.20 Å². The van der Waals surface area contributed by atoms with E-state index in [1.807, 2.05) is 38.1 Å². The summed E-state index contributed by atoms with van der Waals surface area (Å²) in [7, 11) is 0. The summed E-state index contributed by atoms with van der Waals surface area (Å²) in [4.78, 5) is 19.9. The molecule has 0 bridgehead atoms. The largest absolute Gasteiger partial charge is 0.493 e. The van der Waals surface area contributed by atoms with Crippen molar-refractivity contribution in [3.05, 3.63) is 70.9 Å². The van der Waals surface area contributed by atoms with Gasteiger partial charge in [-0.05, 0) is 62.4 Å². The van der Waals surface area contributed by atoms with Crippen molar-refractivity contribution in [1.29, 1.82) is 0 Å². The molecule has 0 amide bonds. The molecule has 1 N–H and O–H groups in total. The van der Waals surface area contributed by atoms with Gasteiger partial charge in [0.2, 0.25) is 5.89 Å². The van der Waals surface area contributed by atoms with E-state index in [1.165, 1.54) is 0 Å². The van der Waals surface area contributed by atoms with E-state index in [9.17, 15) is 4.79 Å². The van der Waals surface area contributed by atoms with Crippen LogP contribution in [0.4, 0.5) is 0 Å². The van der Waals surface area contributed by atoms with E-state index in [0.717, 1.165) is 58.0 Å². The van der Waals surface area contributed by atoms with Gasteiger partial charge in [0.1, 0.15) is 11.5 Å². The van der Waals surface area contributed by atoms with Crippen LogP contribution in [-0.2, 0) is 17.6 Å². The van der Waals surface area contributed by atoms with Crippen LogP contribution in [-0.4, -0.2) is 27.7 Å². The molecule has 0 atom stereocenters. The van der Waals surface area contributed by atoms with Crippen LogP contribution in [0.25, 0.3) is 17.0 Å². The zero-order chi connectivity index (χ0) is 21.8. The molecule has 0 unspecified atom stereocenters. The van der Waals surface area contributed by atoms with Gasteiger partial charge in [-0.25, -0.2) is 4.98 Å². The van der Waals surface area contributed by atoms with E-state index >= 15 is 0 Å². The number of carboxylic acids is 1. The highest BCUT2D eigenvalue weighted by Gasteiger charge is 2.18. The molecule has 31 heavy (non-hydrogen) atoms. The maximum absolute atomic E-state index is 11.0. The third-order valence-electron chi connectivity index (χ3n) is 5.52. The van der Waals surface area contributed by atoms with Gasteiger partial charge in [0.25, 0.3) is 0 Å². The van der Waals surface area contributed by atoms with Crippen LogP contribution in [0.15, 0.2) is 47.0 Å². The van der Waals surface area contributed by atoms with E-state index < -0.39 is 5.97 Å². The van der Waals surface area contributed by atoms with Crippen molar-refractivity contribution in [2.45, 2.75) is 46.0 Å². The third kappa shape index (κ3) is 4.85. The van der Waals surface area contributed by atoms with Gasteiger partial charge >= 0.3 is 5.97 Å². The van der Waals surface area contributed by atoms with Crippen molar-refractivity contribution < 1.29 is 19.1 Å². The monoisotopic (exact) mass is 418 g/mol. The summed E-state index contributed by atoms with van der Waals surface area (Å²) in [6.45, 7) is 4.35. The van der Waals surface area contributed by atoms with Gasteiger partial charge in [0.05, 0.1) is 17.9 Å². The van der Waals surface area contributed by atoms with E-state index in [4.69, 9.17) is 14.3 Å². The van der Waals surface area contributed by atoms with Crippen molar-refractivity contribution >= 4 is 11.5 Å². The molecule has 6 heteroatoms. The third-order valence-corrected chi connectivity index (χ3v) is 5.52. The molecule has 4 rings (SSSR count). The van der Waals surface area contributed by atoms with Gasteiger partial charge in [0, 0.05) is 30.3 Å². The summed E-state index contributed by atoms with van der Waals surface area (Å²) in [5, 5.41) is 9.01. The number of aliphatic carboxylic acids is 1. The first-order valence-corrected chi connectivity index (χ1v) is 10.6. The fourth-order valence-corrected chi connectivity index (χ4v) is 3.87. The minimum Gasteiger partial charge on any atom is -0.493 e. The quantitative estimate of drug-likeness (QED) is 0.543. The average Bonchev–Trinajstić information content (AvgIpc) is 3.13. The average molecular weight is 418 g/mol. The molecule has 0 aliphatic heterocycles. The molecule has 1 aliphatic rings. The molecule has 0 saturated carbocycles. The highest BCUT2D eigenvalue weighted by molar-refractivity contribution is 5.76.